The van der Waals surface area contributed by atoms with E-state index in [9.17, 15) is 0 Å². The highest BCUT2D eigenvalue weighted by Gasteiger charge is 2.37. The quantitative estimate of drug-likeness (QED) is 0.157. The monoisotopic (exact) mass is 784 g/mol. The van der Waals surface area contributed by atoms with Crippen LogP contribution >= 0.6 is 0 Å². The maximum atomic E-state index is 6.66. The lowest BCUT2D eigenvalue weighted by molar-refractivity contribution is 0.669. The van der Waals surface area contributed by atoms with Crippen LogP contribution in [0, 0.1) is 0 Å². The third kappa shape index (κ3) is 5.28. The largest absolute Gasteiger partial charge is 0.454 e. The van der Waals surface area contributed by atoms with Gasteiger partial charge in [0, 0.05) is 38.6 Å². The lowest BCUT2D eigenvalue weighted by Crippen LogP contribution is -2.49. The summed E-state index contributed by atoms with van der Waals surface area (Å²) in [7, 11) is -1.91. The van der Waals surface area contributed by atoms with Crippen LogP contribution in [0.2, 0.25) is 13.1 Å². The van der Waals surface area contributed by atoms with E-state index in [0.717, 1.165) is 39.0 Å². The summed E-state index contributed by atoms with van der Waals surface area (Å²) in [6, 6.07) is 75.2. The Kier molecular flexibility index (Phi) is 7.68. The van der Waals surface area contributed by atoms with Crippen LogP contribution in [0.3, 0.4) is 0 Å². The lowest BCUT2D eigenvalue weighted by atomic mass is 9.98. The summed E-state index contributed by atoms with van der Waals surface area (Å²) in [5, 5.41) is 7.75. The van der Waals surface area contributed by atoms with Crippen LogP contribution < -0.4 is 15.3 Å². The van der Waals surface area contributed by atoms with Crippen molar-refractivity contribution in [1.29, 1.82) is 0 Å². The van der Waals surface area contributed by atoms with Gasteiger partial charge in [0.1, 0.15) is 13.7 Å². The number of anilines is 3. The first-order chi connectivity index (χ1) is 29.5. The van der Waals surface area contributed by atoms with Crippen LogP contribution in [-0.4, -0.2) is 12.6 Å². The summed E-state index contributed by atoms with van der Waals surface area (Å²) < 4.78 is 9.03. The summed E-state index contributed by atoms with van der Waals surface area (Å²) in [5.41, 5.74) is 16.1. The molecule has 0 N–H and O–H groups in total. The van der Waals surface area contributed by atoms with Crippen molar-refractivity contribution in [2.75, 3.05) is 4.90 Å². The molecule has 1 aliphatic heterocycles. The van der Waals surface area contributed by atoms with Crippen molar-refractivity contribution in [3.63, 3.8) is 0 Å². The molecule has 0 atom stereocenters. The molecule has 11 aromatic rings. The first-order valence-corrected chi connectivity index (χ1v) is 23.8. The molecule has 60 heavy (non-hydrogen) atoms. The predicted octanol–water partition coefficient (Wildman–Crippen LogP) is 14.3. The van der Waals surface area contributed by atoms with E-state index in [-0.39, 0.29) is 0 Å². The van der Waals surface area contributed by atoms with Crippen LogP contribution in [0.1, 0.15) is 0 Å². The molecule has 0 bridgehead atoms. The predicted molar refractivity (Wildman–Crippen MR) is 256 cm³/mol. The van der Waals surface area contributed by atoms with Crippen LogP contribution in [0.25, 0.3) is 82.8 Å². The van der Waals surface area contributed by atoms with Crippen LogP contribution in [0.5, 0.6) is 0 Å². The topological polar surface area (TPSA) is 21.3 Å². The number of rotatable bonds is 6. The molecule has 0 saturated heterocycles. The number of hydrogen-bond donors (Lipinski definition) is 0. The number of nitrogens with zero attached hydrogens (tertiary/aromatic N) is 2. The van der Waals surface area contributed by atoms with Crippen molar-refractivity contribution in [2.45, 2.75) is 13.1 Å². The van der Waals surface area contributed by atoms with E-state index in [0.29, 0.717) is 0 Å². The summed E-state index contributed by atoms with van der Waals surface area (Å²) in [5.74, 6) is 0. The Morgan fingerprint density at radius 1 is 0.417 bits per heavy atom. The number of aromatic nitrogens is 1. The van der Waals surface area contributed by atoms with Gasteiger partial charge in [-0.05, 0) is 110 Å². The number of hydrogen-bond acceptors (Lipinski definition) is 2. The molecule has 3 nitrogen and oxygen atoms in total. The van der Waals surface area contributed by atoms with Gasteiger partial charge < -0.3 is 13.9 Å². The van der Waals surface area contributed by atoms with Gasteiger partial charge in [0.05, 0.1) is 16.7 Å². The van der Waals surface area contributed by atoms with Gasteiger partial charge in [-0.3, -0.25) is 0 Å². The smallest absolute Gasteiger partial charge is 0.159 e. The van der Waals surface area contributed by atoms with Gasteiger partial charge in [0.15, 0.2) is 5.58 Å². The van der Waals surface area contributed by atoms with Crippen LogP contribution in [-0.2, 0) is 0 Å². The minimum atomic E-state index is -1.91. The Balaban J connectivity index is 0.923. The maximum absolute atomic E-state index is 6.66. The Morgan fingerprint density at radius 3 is 1.83 bits per heavy atom. The minimum absolute atomic E-state index is 0.890. The molecule has 4 heteroatoms. The van der Waals surface area contributed by atoms with Gasteiger partial charge in [0.25, 0.3) is 0 Å². The molecular formula is C56H40N2OSi. The Hall–Kier alpha value is -7.40. The SMILES string of the molecule is C[Si]1(C)c2ccccc2-c2ccc(N(c3ccc(-c4ccc(-c5ccc6c(c5)c5ccccc5n6-c5ccccc5)cc4)cc3)c3cccc4c3oc3ccccc34)cc21. The molecule has 1 aliphatic rings. The summed E-state index contributed by atoms with van der Waals surface area (Å²) in [6.07, 6.45) is 0. The zero-order valence-corrected chi connectivity index (χ0v) is 34.4. The second-order valence-corrected chi connectivity index (χ2v) is 20.9. The maximum Gasteiger partial charge on any atom is 0.159 e. The first-order valence-electron chi connectivity index (χ1n) is 20.8. The molecule has 0 spiro atoms. The number of benzene rings is 9. The molecule has 3 heterocycles. The van der Waals surface area contributed by atoms with Crippen molar-refractivity contribution < 1.29 is 4.42 Å². The number of furan rings is 1. The fraction of sp³-hybridized carbons (Fsp3) is 0.0357. The van der Waals surface area contributed by atoms with E-state index in [1.165, 1.54) is 71.2 Å². The average Bonchev–Trinajstić information content (AvgIpc) is 3.93. The first kappa shape index (κ1) is 34.6. The third-order valence-corrected chi connectivity index (χ3v) is 16.4. The summed E-state index contributed by atoms with van der Waals surface area (Å²) >= 11 is 0. The minimum Gasteiger partial charge on any atom is -0.454 e. The van der Waals surface area contributed by atoms with Crippen molar-refractivity contribution >= 4 is 79.3 Å². The van der Waals surface area contributed by atoms with Gasteiger partial charge in [0.2, 0.25) is 0 Å². The molecule has 0 amide bonds. The molecule has 0 radical (unpaired) electrons. The molecule has 284 valence electrons. The molecule has 0 fully saturated rings. The normalized spacial score (nSPS) is 13.0. The average molecular weight is 785 g/mol. The van der Waals surface area contributed by atoms with Crippen molar-refractivity contribution in [3.05, 3.63) is 206 Å². The fourth-order valence-corrected chi connectivity index (χ4v) is 12.9. The molecule has 0 aliphatic carbocycles. The zero-order chi connectivity index (χ0) is 40.0. The lowest BCUT2D eigenvalue weighted by Gasteiger charge is -2.27. The number of para-hydroxylation sites is 4. The molecule has 12 rings (SSSR count). The molecule has 0 saturated carbocycles. The van der Waals surface area contributed by atoms with Crippen molar-refractivity contribution in [1.82, 2.24) is 4.57 Å². The molecular weight excluding hydrogens is 745 g/mol. The fourth-order valence-electron chi connectivity index (χ4n) is 9.83. The molecule has 9 aromatic carbocycles. The standard InChI is InChI=1S/C56H40N2OSi/c1-60(2)54-22-11-8-17-46(54)47-33-32-43(36-55(47)60)57(52-20-12-18-48-45-16-7-10-21-53(45)59-56(48)52)42-30-27-38(28-31-42)37-23-25-39(26-24-37)40-29-34-51-49(35-40)44-15-6-9-19-50(44)58(51)41-13-4-3-5-14-41/h3-36H,1-2H3. The second kappa shape index (κ2) is 13.3. The zero-order valence-electron chi connectivity index (χ0n) is 33.4. The van der Waals surface area contributed by atoms with Gasteiger partial charge in [-0.2, -0.15) is 0 Å². The Morgan fingerprint density at radius 2 is 1.02 bits per heavy atom. The third-order valence-electron chi connectivity index (χ3n) is 12.8. The van der Waals surface area contributed by atoms with Gasteiger partial charge in [-0.1, -0.05) is 153 Å². The van der Waals surface area contributed by atoms with Gasteiger partial charge in [-0.25, -0.2) is 0 Å². The van der Waals surface area contributed by atoms with E-state index >= 15 is 0 Å². The second-order valence-electron chi connectivity index (χ2n) is 16.5. The highest BCUT2D eigenvalue weighted by Crippen LogP contribution is 2.44. The van der Waals surface area contributed by atoms with Gasteiger partial charge >= 0.3 is 0 Å². The number of fused-ring (bicyclic) bond motifs is 9. The molecule has 0 unspecified atom stereocenters. The van der Waals surface area contributed by atoms with Crippen molar-refractivity contribution in [3.8, 4) is 39.1 Å². The van der Waals surface area contributed by atoms with E-state index < -0.39 is 8.07 Å². The van der Waals surface area contributed by atoms with E-state index in [1.807, 2.05) is 6.07 Å². The highest BCUT2D eigenvalue weighted by atomic mass is 28.3. The van der Waals surface area contributed by atoms with E-state index in [2.05, 4.69) is 223 Å². The summed E-state index contributed by atoms with van der Waals surface area (Å²) in [6.45, 7) is 4.96. The van der Waals surface area contributed by atoms with Crippen LogP contribution in [0.4, 0.5) is 17.1 Å². The highest BCUT2D eigenvalue weighted by molar-refractivity contribution is 7.03. The van der Waals surface area contributed by atoms with Gasteiger partial charge in [-0.15, -0.1) is 0 Å². The Bertz CT molecular complexity index is 3450. The summed E-state index contributed by atoms with van der Waals surface area (Å²) in [4.78, 5) is 2.39. The molecule has 2 aromatic heterocycles. The Labute approximate surface area is 350 Å². The van der Waals surface area contributed by atoms with Crippen LogP contribution in [0.15, 0.2) is 211 Å². The van der Waals surface area contributed by atoms with Crippen molar-refractivity contribution in [2.24, 2.45) is 0 Å². The van der Waals surface area contributed by atoms with E-state index in [4.69, 9.17) is 4.42 Å². The van der Waals surface area contributed by atoms with E-state index in [1.54, 1.807) is 0 Å².